The molecule has 0 aliphatic heterocycles. The van der Waals surface area contributed by atoms with Gasteiger partial charge in [0.1, 0.15) is 11.8 Å². The van der Waals surface area contributed by atoms with Gasteiger partial charge in [-0.15, -0.1) is 0 Å². The van der Waals surface area contributed by atoms with E-state index in [0.29, 0.717) is 5.69 Å². The molecule has 0 spiro atoms. The number of hydrogen-bond acceptors (Lipinski definition) is 2. The van der Waals surface area contributed by atoms with Crippen molar-refractivity contribution in [1.29, 1.82) is 5.26 Å². The number of rotatable bonds is 2. The highest BCUT2D eigenvalue weighted by atomic mass is 16.3. The molecule has 0 unspecified atom stereocenters. The van der Waals surface area contributed by atoms with Crippen LogP contribution < -0.4 is 0 Å². The maximum atomic E-state index is 9.13. The monoisotopic (exact) mass is 226 g/mol. The van der Waals surface area contributed by atoms with Crippen LogP contribution in [0, 0.1) is 18.3 Å². The molecule has 0 amide bonds. The van der Waals surface area contributed by atoms with Gasteiger partial charge >= 0.3 is 0 Å². The smallest absolute Gasteiger partial charge is 0.120 e. The second-order valence-electron chi connectivity index (χ2n) is 4.07. The molecular formula is C14H14N2O. The van der Waals surface area contributed by atoms with Crippen LogP contribution in [0.15, 0.2) is 30.3 Å². The summed E-state index contributed by atoms with van der Waals surface area (Å²) in [5.74, 6) is 0. The van der Waals surface area contributed by atoms with Crippen LogP contribution >= 0.6 is 0 Å². The van der Waals surface area contributed by atoms with E-state index >= 15 is 0 Å². The lowest BCUT2D eigenvalue weighted by Crippen LogP contribution is -1.96. The topological polar surface area (TPSA) is 49.0 Å². The van der Waals surface area contributed by atoms with Gasteiger partial charge in [0.25, 0.3) is 0 Å². The van der Waals surface area contributed by atoms with Gasteiger partial charge in [0.15, 0.2) is 0 Å². The Morgan fingerprint density at radius 2 is 2.06 bits per heavy atom. The molecule has 1 aromatic carbocycles. The van der Waals surface area contributed by atoms with E-state index < -0.39 is 0 Å². The molecule has 3 nitrogen and oxygen atoms in total. The molecule has 1 N–H and O–H groups in total. The summed E-state index contributed by atoms with van der Waals surface area (Å²) in [5.41, 5.74) is 4.70. The Labute approximate surface area is 101 Å². The van der Waals surface area contributed by atoms with Crippen molar-refractivity contribution in [3.63, 3.8) is 0 Å². The first-order valence-electron chi connectivity index (χ1n) is 5.44. The van der Waals surface area contributed by atoms with Gasteiger partial charge in [-0.3, -0.25) is 0 Å². The third kappa shape index (κ3) is 1.95. The molecule has 0 aliphatic carbocycles. The Morgan fingerprint density at radius 3 is 2.59 bits per heavy atom. The van der Waals surface area contributed by atoms with Crippen LogP contribution in [0.3, 0.4) is 0 Å². The Bertz CT molecular complexity index is 591. The molecule has 0 aliphatic rings. The summed E-state index contributed by atoms with van der Waals surface area (Å²) in [4.78, 5) is 0. The predicted molar refractivity (Wildman–Crippen MR) is 66.2 cm³/mol. The van der Waals surface area contributed by atoms with Crippen LogP contribution in [0.4, 0.5) is 0 Å². The number of nitrogens with zero attached hydrogens (tertiary/aromatic N) is 2. The van der Waals surface area contributed by atoms with E-state index in [9.17, 15) is 0 Å². The molecule has 0 saturated carbocycles. The standard InChI is InChI=1S/C14H14N2O/c1-10-7-11(3-4-12(10)9-17)14-6-5-13(8-15)16(14)2/h3-7,17H,9H2,1-2H3. The minimum Gasteiger partial charge on any atom is -0.392 e. The lowest BCUT2D eigenvalue weighted by Gasteiger charge is -2.08. The van der Waals surface area contributed by atoms with E-state index in [1.54, 1.807) is 0 Å². The number of benzene rings is 1. The minimum atomic E-state index is 0.0582. The van der Waals surface area contributed by atoms with Gasteiger partial charge in [0, 0.05) is 12.7 Å². The van der Waals surface area contributed by atoms with Gasteiger partial charge in [0.2, 0.25) is 0 Å². The van der Waals surface area contributed by atoms with Crippen LogP contribution in [0.2, 0.25) is 0 Å². The van der Waals surface area contributed by atoms with Gasteiger partial charge in [-0.05, 0) is 41.8 Å². The molecule has 1 heterocycles. The fourth-order valence-corrected chi connectivity index (χ4v) is 1.95. The minimum absolute atomic E-state index is 0.0582. The van der Waals surface area contributed by atoms with Crippen molar-refractivity contribution >= 4 is 0 Å². The highest BCUT2D eigenvalue weighted by Gasteiger charge is 2.07. The lowest BCUT2D eigenvalue weighted by molar-refractivity contribution is 0.281. The third-order valence-electron chi connectivity index (χ3n) is 3.05. The molecule has 2 aromatic rings. The van der Waals surface area contributed by atoms with Gasteiger partial charge in [-0.25, -0.2) is 0 Å². The summed E-state index contributed by atoms with van der Waals surface area (Å²) in [6, 6.07) is 11.8. The number of aliphatic hydroxyl groups excluding tert-OH is 1. The molecule has 3 heteroatoms. The SMILES string of the molecule is Cc1cc(-c2ccc(C#N)n2C)ccc1CO. The zero-order valence-corrected chi connectivity index (χ0v) is 9.94. The molecule has 1 aromatic heterocycles. The van der Waals surface area contributed by atoms with E-state index in [-0.39, 0.29) is 6.61 Å². The summed E-state index contributed by atoms with van der Waals surface area (Å²) in [5, 5.41) is 18.0. The summed E-state index contributed by atoms with van der Waals surface area (Å²) in [6.07, 6.45) is 0. The van der Waals surface area contributed by atoms with Crippen molar-refractivity contribution in [3.05, 3.63) is 47.2 Å². The lowest BCUT2D eigenvalue weighted by atomic mass is 10.0. The van der Waals surface area contributed by atoms with Crippen molar-refractivity contribution in [2.75, 3.05) is 0 Å². The normalized spacial score (nSPS) is 10.2. The molecule has 2 rings (SSSR count). The molecular weight excluding hydrogens is 212 g/mol. The Kier molecular flexibility index (Phi) is 2.99. The quantitative estimate of drug-likeness (QED) is 0.854. The van der Waals surface area contributed by atoms with Crippen molar-refractivity contribution in [1.82, 2.24) is 4.57 Å². The maximum Gasteiger partial charge on any atom is 0.120 e. The number of aliphatic hydroxyl groups is 1. The summed E-state index contributed by atoms with van der Waals surface area (Å²) >= 11 is 0. The van der Waals surface area contributed by atoms with E-state index in [1.165, 1.54) is 0 Å². The number of nitriles is 1. The van der Waals surface area contributed by atoms with Gasteiger partial charge < -0.3 is 9.67 Å². The van der Waals surface area contributed by atoms with Crippen LogP contribution in [-0.2, 0) is 13.7 Å². The highest BCUT2D eigenvalue weighted by molar-refractivity contribution is 5.63. The van der Waals surface area contributed by atoms with E-state index in [2.05, 4.69) is 6.07 Å². The van der Waals surface area contributed by atoms with Crippen LogP contribution in [0.25, 0.3) is 11.3 Å². The van der Waals surface area contributed by atoms with Crippen molar-refractivity contribution in [2.24, 2.45) is 7.05 Å². The molecule has 0 saturated heterocycles. The summed E-state index contributed by atoms with van der Waals surface area (Å²) in [6.45, 7) is 2.03. The number of aromatic nitrogens is 1. The van der Waals surface area contributed by atoms with Gasteiger partial charge in [-0.2, -0.15) is 5.26 Å². The van der Waals surface area contributed by atoms with Crippen molar-refractivity contribution in [3.8, 4) is 17.3 Å². The van der Waals surface area contributed by atoms with Crippen molar-refractivity contribution < 1.29 is 5.11 Å². The third-order valence-corrected chi connectivity index (χ3v) is 3.05. The Hall–Kier alpha value is -2.05. The van der Waals surface area contributed by atoms with Gasteiger partial charge in [-0.1, -0.05) is 12.1 Å². The molecule has 86 valence electrons. The summed E-state index contributed by atoms with van der Waals surface area (Å²) in [7, 11) is 1.88. The van der Waals surface area contributed by atoms with Crippen LogP contribution in [0.1, 0.15) is 16.8 Å². The zero-order chi connectivity index (χ0) is 12.4. The number of hydrogen-bond donors (Lipinski definition) is 1. The van der Waals surface area contributed by atoms with E-state index in [4.69, 9.17) is 10.4 Å². The van der Waals surface area contributed by atoms with E-state index in [1.807, 2.05) is 48.9 Å². The number of aryl methyl sites for hydroxylation is 1. The average molecular weight is 226 g/mol. The Balaban J connectivity index is 2.51. The largest absolute Gasteiger partial charge is 0.392 e. The Morgan fingerprint density at radius 1 is 1.29 bits per heavy atom. The first-order valence-corrected chi connectivity index (χ1v) is 5.44. The van der Waals surface area contributed by atoms with Crippen LogP contribution in [0.5, 0.6) is 0 Å². The fraction of sp³-hybridized carbons (Fsp3) is 0.214. The summed E-state index contributed by atoms with van der Waals surface area (Å²) < 4.78 is 1.87. The van der Waals surface area contributed by atoms with Crippen molar-refractivity contribution in [2.45, 2.75) is 13.5 Å². The first-order chi connectivity index (χ1) is 8.17. The average Bonchev–Trinajstić information content (AvgIpc) is 2.70. The second kappa shape index (κ2) is 4.44. The first kappa shape index (κ1) is 11.4. The van der Waals surface area contributed by atoms with Gasteiger partial charge in [0.05, 0.1) is 6.61 Å². The van der Waals surface area contributed by atoms with E-state index in [0.717, 1.165) is 22.4 Å². The van der Waals surface area contributed by atoms with Crippen LogP contribution in [-0.4, -0.2) is 9.67 Å². The molecule has 0 radical (unpaired) electrons. The molecule has 17 heavy (non-hydrogen) atoms. The predicted octanol–water partition coefficient (Wildman–Crippen LogP) is 2.36. The zero-order valence-electron chi connectivity index (χ0n) is 9.94. The molecule has 0 bridgehead atoms. The highest BCUT2D eigenvalue weighted by Crippen LogP contribution is 2.23. The molecule has 0 atom stereocenters. The molecule has 0 fully saturated rings. The fourth-order valence-electron chi connectivity index (χ4n) is 1.95. The maximum absolute atomic E-state index is 9.13. The second-order valence-corrected chi connectivity index (χ2v) is 4.07.